The van der Waals surface area contributed by atoms with E-state index in [0.29, 0.717) is 30.4 Å². The lowest BCUT2D eigenvalue weighted by molar-refractivity contribution is -0.275. The molecular formula is C32H36F6O. The van der Waals surface area contributed by atoms with Gasteiger partial charge in [0.05, 0.1) is 0 Å². The summed E-state index contributed by atoms with van der Waals surface area (Å²) < 4.78 is 85.6. The molecule has 2 saturated carbocycles. The van der Waals surface area contributed by atoms with E-state index in [9.17, 15) is 17.6 Å². The van der Waals surface area contributed by atoms with Crippen molar-refractivity contribution >= 4 is 5.57 Å². The van der Waals surface area contributed by atoms with Crippen LogP contribution in [0.2, 0.25) is 0 Å². The Morgan fingerprint density at radius 1 is 0.692 bits per heavy atom. The van der Waals surface area contributed by atoms with E-state index in [0.717, 1.165) is 61.1 Å². The van der Waals surface area contributed by atoms with Crippen LogP contribution in [0.25, 0.3) is 5.57 Å². The van der Waals surface area contributed by atoms with Crippen LogP contribution in [0.4, 0.5) is 26.3 Å². The fourth-order valence-electron chi connectivity index (χ4n) is 7.16. The summed E-state index contributed by atoms with van der Waals surface area (Å²) in [6.45, 7) is 2.33. The van der Waals surface area contributed by atoms with Crippen molar-refractivity contribution in [2.24, 2.45) is 17.8 Å². The van der Waals surface area contributed by atoms with Crippen molar-refractivity contribution in [3.8, 4) is 5.75 Å². The van der Waals surface area contributed by atoms with E-state index in [2.05, 4.69) is 11.7 Å². The summed E-state index contributed by atoms with van der Waals surface area (Å²) in [5.41, 5.74) is 1.87. The van der Waals surface area contributed by atoms with Gasteiger partial charge in [0.2, 0.25) is 0 Å². The van der Waals surface area contributed by atoms with Gasteiger partial charge in [-0.1, -0.05) is 31.9 Å². The second-order valence-electron chi connectivity index (χ2n) is 11.9. The Kier molecular flexibility index (Phi) is 8.34. The number of hydrogen-bond acceptors (Lipinski definition) is 1. The molecule has 0 heterocycles. The summed E-state index contributed by atoms with van der Waals surface area (Å²) in [4.78, 5) is 0. The summed E-state index contributed by atoms with van der Waals surface area (Å²) in [5, 5.41) is 0. The van der Waals surface area contributed by atoms with Gasteiger partial charge in [-0.05, 0) is 128 Å². The Labute approximate surface area is 226 Å². The highest BCUT2D eigenvalue weighted by atomic mass is 19.4. The predicted octanol–water partition coefficient (Wildman–Crippen LogP) is 10.5. The number of hydrogen-bond donors (Lipinski definition) is 0. The summed E-state index contributed by atoms with van der Waals surface area (Å²) in [6.07, 6.45) is 7.60. The molecule has 0 aliphatic heterocycles. The fraction of sp³-hybridized carbons (Fsp3) is 0.562. The van der Waals surface area contributed by atoms with E-state index in [1.165, 1.54) is 43.9 Å². The molecular weight excluding hydrogens is 514 g/mol. The average molecular weight is 551 g/mol. The Balaban J connectivity index is 1.22. The molecule has 1 nitrogen and oxygen atoms in total. The first-order valence-corrected chi connectivity index (χ1v) is 14.3. The molecule has 0 spiro atoms. The van der Waals surface area contributed by atoms with Gasteiger partial charge >= 0.3 is 6.36 Å². The summed E-state index contributed by atoms with van der Waals surface area (Å²) >= 11 is 0. The molecule has 0 bridgehead atoms. The van der Waals surface area contributed by atoms with Gasteiger partial charge in [-0.2, -0.15) is 0 Å². The third kappa shape index (κ3) is 6.66. The van der Waals surface area contributed by atoms with Crippen molar-refractivity contribution in [1.29, 1.82) is 0 Å². The molecule has 3 aliphatic rings. The lowest BCUT2D eigenvalue weighted by Crippen LogP contribution is -2.24. The number of rotatable bonds is 5. The topological polar surface area (TPSA) is 9.23 Å². The van der Waals surface area contributed by atoms with Gasteiger partial charge in [-0.3, -0.25) is 0 Å². The smallest absolute Gasteiger partial charge is 0.403 e. The minimum Gasteiger partial charge on any atom is -0.403 e. The van der Waals surface area contributed by atoms with Crippen LogP contribution in [-0.2, 0) is 0 Å². The van der Waals surface area contributed by atoms with Crippen molar-refractivity contribution in [3.05, 3.63) is 70.5 Å². The number of halogens is 6. The molecule has 7 heteroatoms. The Hall–Kier alpha value is -2.44. The van der Waals surface area contributed by atoms with Crippen LogP contribution in [-0.4, -0.2) is 6.36 Å². The second kappa shape index (κ2) is 11.6. The molecule has 1 atom stereocenters. The highest BCUT2D eigenvalue weighted by Gasteiger charge is 2.33. The third-order valence-corrected chi connectivity index (χ3v) is 9.42. The Bertz CT molecular complexity index is 1160. The van der Waals surface area contributed by atoms with Gasteiger partial charge in [-0.15, -0.1) is 13.2 Å². The molecule has 0 amide bonds. The van der Waals surface area contributed by atoms with Gasteiger partial charge in [0.25, 0.3) is 0 Å². The number of allylic oxidation sites excluding steroid dienone is 2. The van der Waals surface area contributed by atoms with E-state index in [-0.39, 0.29) is 17.4 Å². The summed E-state index contributed by atoms with van der Waals surface area (Å²) in [6, 6.07) is 6.44. The number of benzene rings is 2. The van der Waals surface area contributed by atoms with Crippen molar-refractivity contribution in [2.75, 3.05) is 0 Å². The van der Waals surface area contributed by atoms with Crippen LogP contribution in [0.3, 0.4) is 0 Å². The largest absolute Gasteiger partial charge is 0.573 e. The van der Waals surface area contributed by atoms with E-state index in [1.807, 2.05) is 0 Å². The van der Waals surface area contributed by atoms with Crippen molar-refractivity contribution in [1.82, 2.24) is 0 Å². The molecule has 5 rings (SSSR count). The minimum absolute atomic E-state index is 0.00215. The maximum Gasteiger partial charge on any atom is 0.573 e. The highest BCUT2D eigenvalue weighted by Crippen LogP contribution is 2.45. The van der Waals surface area contributed by atoms with Crippen LogP contribution in [0, 0.1) is 35.2 Å². The molecule has 0 radical (unpaired) electrons. The molecule has 212 valence electrons. The Morgan fingerprint density at radius 2 is 1.28 bits per heavy atom. The normalized spacial score (nSPS) is 28.2. The van der Waals surface area contributed by atoms with Crippen molar-refractivity contribution in [2.45, 2.75) is 95.8 Å². The maximum absolute atomic E-state index is 15.3. The van der Waals surface area contributed by atoms with E-state index >= 15 is 8.78 Å². The van der Waals surface area contributed by atoms with Gasteiger partial charge < -0.3 is 4.74 Å². The summed E-state index contributed by atoms with van der Waals surface area (Å²) in [7, 11) is 0. The molecule has 2 aromatic rings. The SMILES string of the molecule is CC1CCC(C2CCC(c3cc(F)c(C4=CCC(c5ccc(OC(F)(F)F)c(F)c5)CC4)c(F)c3)CC2)CC1. The van der Waals surface area contributed by atoms with Gasteiger partial charge in [0, 0.05) is 5.56 Å². The van der Waals surface area contributed by atoms with Gasteiger partial charge in [0.15, 0.2) is 11.6 Å². The van der Waals surface area contributed by atoms with E-state index in [1.54, 1.807) is 6.08 Å². The fourth-order valence-corrected chi connectivity index (χ4v) is 7.16. The molecule has 39 heavy (non-hydrogen) atoms. The van der Waals surface area contributed by atoms with Crippen molar-refractivity contribution in [3.63, 3.8) is 0 Å². The second-order valence-corrected chi connectivity index (χ2v) is 11.9. The monoisotopic (exact) mass is 550 g/mol. The van der Waals surface area contributed by atoms with Crippen LogP contribution < -0.4 is 4.74 Å². The predicted molar refractivity (Wildman–Crippen MR) is 140 cm³/mol. The lowest BCUT2D eigenvalue weighted by Gasteiger charge is -2.37. The standard InChI is InChI=1S/C32H36F6O/c1-19-2-4-20(5-3-19)21-6-8-23(9-7-21)26-17-28(34)31(29(35)18-26)24-12-10-22(11-13-24)25-14-15-30(27(33)16-25)39-32(36,37)38/h12,14-23H,2-11,13H2,1H3. The zero-order chi connectivity index (χ0) is 27.7. The summed E-state index contributed by atoms with van der Waals surface area (Å²) in [5.74, 6) is -0.636. The average Bonchev–Trinajstić information content (AvgIpc) is 2.90. The van der Waals surface area contributed by atoms with Gasteiger partial charge in [0.1, 0.15) is 11.6 Å². The van der Waals surface area contributed by atoms with E-state index < -0.39 is 29.6 Å². The van der Waals surface area contributed by atoms with Crippen LogP contribution in [0.15, 0.2) is 36.4 Å². The molecule has 3 aliphatic carbocycles. The van der Waals surface area contributed by atoms with Crippen molar-refractivity contribution < 1.29 is 31.1 Å². The number of alkyl halides is 3. The quantitative estimate of drug-likeness (QED) is 0.337. The first-order chi connectivity index (χ1) is 18.6. The molecule has 2 aromatic carbocycles. The molecule has 0 N–H and O–H groups in total. The van der Waals surface area contributed by atoms with Crippen LogP contribution in [0.1, 0.15) is 106 Å². The minimum atomic E-state index is -4.97. The molecule has 0 saturated heterocycles. The Morgan fingerprint density at radius 3 is 1.82 bits per heavy atom. The van der Waals surface area contributed by atoms with Crippen LogP contribution in [0.5, 0.6) is 5.75 Å². The number of ether oxygens (including phenoxy) is 1. The first kappa shape index (κ1) is 28.1. The zero-order valence-corrected chi connectivity index (χ0v) is 22.3. The first-order valence-electron chi connectivity index (χ1n) is 14.3. The van der Waals surface area contributed by atoms with E-state index in [4.69, 9.17) is 0 Å². The zero-order valence-electron chi connectivity index (χ0n) is 22.3. The highest BCUT2D eigenvalue weighted by molar-refractivity contribution is 5.68. The molecule has 2 fully saturated rings. The molecule has 0 aromatic heterocycles. The van der Waals surface area contributed by atoms with Crippen LogP contribution >= 0.6 is 0 Å². The molecule has 1 unspecified atom stereocenters. The third-order valence-electron chi connectivity index (χ3n) is 9.42. The lowest BCUT2D eigenvalue weighted by atomic mass is 9.68. The maximum atomic E-state index is 15.3. The van der Waals surface area contributed by atoms with Gasteiger partial charge in [-0.25, -0.2) is 13.2 Å².